The van der Waals surface area contributed by atoms with Crippen LogP contribution in [0.25, 0.3) is 0 Å². The van der Waals surface area contributed by atoms with Gasteiger partial charge in [0.2, 0.25) is 0 Å². The van der Waals surface area contributed by atoms with E-state index in [1.807, 2.05) is 25.1 Å². The molecule has 0 aliphatic carbocycles. The summed E-state index contributed by atoms with van der Waals surface area (Å²) in [6, 6.07) is 17.6. The zero-order chi connectivity index (χ0) is 16.9. The van der Waals surface area contributed by atoms with E-state index in [-0.39, 0.29) is 11.9 Å². The number of halogens is 1. The predicted octanol–water partition coefficient (Wildman–Crippen LogP) is 2.07. The summed E-state index contributed by atoms with van der Waals surface area (Å²) in [5.74, 6) is 0.0560. The molecule has 0 unspecified atom stereocenters. The number of nitrogens with one attached hydrogen (secondary N) is 2. The van der Waals surface area contributed by atoms with Crippen molar-refractivity contribution in [3.63, 3.8) is 0 Å². The number of carbonyl (C=O) groups excluding carboxylic acids is 1. The van der Waals surface area contributed by atoms with Crippen molar-refractivity contribution in [2.24, 2.45) is 0 Å². The maximum Gasteiger partial charge on any atom is 0.282 e. The lowest BCUT2D eigenvalue weighted by Gasteiger charge is -2.36. The monoisotopic (exact) mass is 344 g/mol. The van der Waals surface area contributed by atoms with Crippen molar-refractivity contribution >= 4 is 28.9 Å². The second-order valence-electron chi connectivity index (χ2n) is 6.20. The van der Waals surface area contributed by atoms with Gasteiger partial charge >= 0.3 is 0 Å². The molecule has 1 aliphatic heterocycles. The molecule has 0 radical (unpaired) electrons. The summed E-state index contributed by atoms with van der Waals surface area (Å²) < 4.78 is 0. The second-order valence-corrected chi connectivity index (χ2v) is 6.64. The smallest absolute Gasteiger partial charge is 0.282 e. The largest absolute Gasteiger partial charge is 0.360 e. The van der Waals surface area contributed by atoms with Crippen LogP contribution in [0.15, 0.2) is 54.6 Å². The Balaban J connectivity index is 1.53. The van der Waals surface area contributed by atoms with Crippen molar-refractivity contribution < 1.29 is 9.69 Å². The molecule has 3 rings (SSSR count). The highest BCUT2D eigenvalue weighted by molar-refractivity contribution is 6.30. The lowest BCUT2D eigenvalue weighted by atomic mass is 10.2. The third-order valence-corrected chi connectivity index (χ3v) is 4.90. The fourth-order valence-corrected chi connectivity index (χ4v) is 3.22. The average Bonchev–Trinajstić information content (AvgIpc) is 2.64. The van der Waals surface area contributed by atoms with Crippen LogP contribution < -0.4 is 15.1 Å². The standard InChI is InChI=1S/C19H22ClN3O/c1-15(19(24)21-17-9-7-16(20)8-10-17)22-11-13-23(14-12-22)18-5-3-2-4-6-18/h2-10,15H,11-14H2,1H3,(H,21,24)/p+1/t15-/m0/s1. The van der Waals surface area contributed by atoms with Gasteiger partial charge in [-0.15, -0.1) is 0 Å². The van der Waals surface area contributed by atoms with Gasteiger partial charge in [-0.25, -0.2) is 0 Å². The number of hydrogen-bond acceptors (Lipinski definition) is 2. The van der Waals surface area contributed by atoms with E-state index >= 15 is 0 Å². The van der Waals surface area contributed by atoms with E-state index < -0.39 is 0 Å². The molecule has 4 nitrogen and oxygen atoms in total. The number of piperazine rings is 1. The highest BCUT2D eigenvalue weighted by atomic mass is 35.5. The SMILES string of the molecule is C[C@@H](C(=O)Nc1ccc(Cl)cc1)[NH+]1CCN(c2ccccc2)CC1. The highest BCUT2D eigenvalue weighted by Crippen LogP contribution is 2.14. The highest BCUT2D eigenvalue weighted by Gasteiger charge is 2.29. The zero-order valence-electron chi connectivity index (χ0n) is 13.8. The minimum absolute atomic E-state index is 0.0560. The molecule has 0 saturated carbocycles. The summed E-state index contributed by atoms with van der Waals surface area (Å²) in [5, 5.41) is 3.65. The quantitative estimate of drug-likeness (QED) is 0.891. The van der Waals surface area contributed by atoms with Gasteiger partial charge in [0.05, 0.1) is 26.2 Å². The molecular formula is C19H23ClN3O+. The fourth-order valence-electron chi connectivity index (χ4n) is 3.09. The average molecular weight is 345 g/mol. The number of para-hydroxylation sites is 1. The first-order valence-corrected chi connectivity index (χ1v) is 8.72. The summed E-state index contributed by atoms with van der Waals surface area (Å²) in [6.45, 7) is 5.86. The fraction of sp³-hybridized carbons (Fsp3) is 0.316. The molecule has 2 aromatic carbocycles. The number of amides is 1. The number of quaternary nitrogens is 1. The molecule has 1 aliphatic rings. The first-order valence-electron chi connectivity index (χ1n) is 8.34. The third kappa shape index (κ3) is 4.08. The van der Waals surface area contributed by atoms with Gasteiger partial charge in [0.15, 0.2) is 6.04 Å². The summed E-state index contributed by atoms with van der Waals surface area (Å²) in [7, 11) is 0. The number of anilines is 2. The summed E-state index contributed by atoms with van der Waals surface area (Å²) >= 11 is 5.88. The van der Waals surface area contributed by atoms with Crippen molar-refractivity contribution in [2.75, 3.05) is 36.4 Å². The van der Waals surface area contributed by atoms with E-state index in [1.165, 1.54) is 10.6 Å². The molecule has 2 N–H and O–H groups in total. The summed E-state index contributed by atoms with van der Waals surface area (Å²) in [5.41, 5.74) is 2.05. The number of carbonyl (C=O) groups is 1. The summed E-state index contributed by atoms with van der Waals surface area (Å²) in [4.78, 5) is 16.2. The Bertz CT molecular complexity index is 667. The Morgan fingerprint density at radius 1 is 1.08 bits per heavy atom. The Kier molecular flexibility index (Phi) is 5.38. The zero-order valence-corrected chi connectivity index (χ0v) is 14.6. The van der Waals surface area contributed by atoms with Crippen molar-refractivity contribution in [3.05, 3.63) is 59.6 Å². The molecule has 2 aromatic rings. The minimum atomic E-state index is -0.0707. The molecule has 0 bridgehead atoms. The number of hydrogen-bond donors (Lipinski definition) is 2. The molecule has 1 atom stereocenters. The molecule has 24 heavy (non-hydrogen) atoms. The van der Waals surface area contributed by atoms with Crippen LogP contribution in [0.2, 0.25) is 5.02 Å². The van der Waals surface area contributed by atoms with Crippen LogP contribution in [0, 0.1) is 0 Å². The first-order chi connectivity index (χ1) is 11.6. The van der Waals surface area contributed by atoms with Crippen LogP contribution in [0.1, 0.15) is 6.92 Å². The Labute approximate surface area is 148 Å². The molecular weight excluding hydrogens is 322 g/mol. The maximum absolute atomic E-state index is 12.5. The predicted molar refractivity (Wildman–Crippen MR) is 98.9 cm³/mol. The van der Waals surface area contributed by atoms with Crippen molar-refractivity contribution in [3.8, 4) is 0 Å². The first kappa shape index (κ1) is 16.8. The molecule has 1 fully saturated rings. The van der Waals surface area contributed by atoms with Crippen molar-refractivity contribution in [1.82, 2.24) is 0 Å². The van der Waals surface area contributed by atoms with Gasteiger partial charge in [-0.05, 0) is 43.3 Å². The second kappa shape index (κ2) is 7.69. The van der Waals surface area contributed by atoms with Gasteiger partial charge in [-0.3, -0.25) is 4.79 Å². The van der Waals surface area contributed by atoms with Gasteiger partial charge in [-0.2, -0.15) is 0 Å². The van der Waals surface area contributed by atoms with Crippen molar-refractivity contribution in [2.45, 2.75) is 13.0 Å². The van der Waals surface area contributed by atoms with E-state index in [4.69, 9.17) is 11.6 Å². The molecule has 5 heteroatoms. The van der Waals surface area contributed by atoms with Crippen LogP contribution >= 0.6 is 11.6 Å². The van der Waals surface area contributed by atoms with E-state index in [1.54, 1.807) is 12.1 Å². The molecule has 1 heterocycles. The number of rotatable bonds is 4. The molecule has 0 spiro atoms. The lowest BCUT2D eigenvalue weighted by Crippen LogP contribution is -3.19. The summed E-state index contributed by atoms with van der Waals surface area (Å²) in [6.07, 6.45) is 0. The molecule has 1 amide bonds. The number of nitrogens with zero attached hydrogens (tertiary/aromatic N) is 1. The topological polar surface area (TPSA) is 36.8 Å². The maximum atomic E-state index is 12.5. The normalized spacial score (nSPS) is 16.7. The molecule has 1 saturated heterocycles. The Morgan fingerprint density at radius 2 is 1.71 bits per heavy atom. The van der Waals surface area contributed by atoms with E-state index in [9.17, 15) is 4.79 Å². The van der Waals surface area contributed by atoms with E-state index in [2.05, 4.69) is 34.5 Å². The lowest BCUT2D eigenvalue weighted by molar-refractivity contribution is -0.914. The minimum Gasteiger partial charge on any atom is -0.360 e. The Morgan fingerprint density at radius 3 is 2.33 bits per heavy atom. The van der Waals surface area contributed by atoms with Crippen LogP contribution in [0.4, 0.5) is 11.4 Å². The van der Waals surface area contributed by atoms with Gasteiger partial charge in [0.25, 0.3) is 5.91 Å². The van der Waals surface area contributed by atoms with Crippen LogP contribution in [0.5, 0.6) is 0 Å². The number of benzene rings is 2. The van der Waals surface area contributed by atoms with E-state index in [0.29, 0.717) is 5.02 Å². The van der Waals surface area contributed by atoms with Gasteiger partial charge in [0, 0.05) is 16.4 Å². The van der Waals surface area contributed by atoms with Crippen LogP contribution in [-0.2, 0) is 4.79 Å². The van der Waals surface area contributed by atoms with E-state index in [0.717, 1.165) is 31.9 Å². The molecule has 0 aromatic heterocycles. The van der Waals surface area contributed by atoms with Gasteiger partial charge in [0.1, 0.15) is 0 Å². The molecule has 126 valence electrons. The van der Waals surface area contributed by atoms with Crippen LogP contribution in [-0.4, -0.2) is 38.1 Å². The van der Waals surface area contributed by atoms with Crippen molar-refractivity contribution in [1.29, 1.82) is 0 Å². The third-order valence-electron chi connectivity index (χ3n) is 4.64. The van der Waals surface area contributed by atoms with Crippen LogP contribution in [0.3, 0.4) is 0 Å². The Hall–Kier alpha value is -2.04. The van der Waals surface area contributed by atoms with Gasteiger partial charge < -0.3 is 15.1 Å². The van der Waals surface area contributed by atoms with Gasteiger partial charge in [-0.1, -0.05) is 29.8 Å².